The standard InChI is InChI=1S/C31H32F2N2O4/c1-6-34(7-2)22-12-8-19(9-13-22)28-27(29(36)20-10-15-26(39-5)23(16-20)18(3)4)30(37)31(38)35(28)25-17-21(32)11-14-24(25)33/h8-18,28,36H,6-7H2,1-5H3/b29-27-. The number of anilines is 2. The number of halogens is 2. The molecule has 3 aromatic carbocycles. The molecular formula is C31H32F2N2O4. The van der Waals surface area contributed by atoms with Gasteiger partial charge in [-0.25, -0.2) is 8.78 Å². The minimum absolute atomic E-state index is 0.0416. The van der Waals surface area contributed by atoms with Crippen LogP contribution in [-0.2, 0) is 9.59 Å². The number of methoxy groups -OCH3 is 1. The van der Waals surface area contributed by atoms with Crippen molar-refractivity contribution in [3.63, 3.8) is 0 Å². The molecule has 1 N–H and O–H groups in total. The van der Waals surface area contributed by atoms with Crippen molar-refractivity contribution < 1.29 is 28.2 Å². The summed E-state index contributed by atoms with van der Waals surface area (Å²) < 4.78 is 34.6. The van der Waals surface area contributed by atoms with E-state index in [1.165, 1.54) is 0 Å². The van der Waals surface area contributed by atoms with Crippen LogP contribution in [0.1, 0.15) is 56.3 Å². The maximum Gasteiger partial charge on any atom is 0.300 e. The average Bonchev–Trinajstić information content (AvgIpc) is 3.20. The number of benzene rings is 3. The van der Waals surface area contributed by atoms with Gasteiger partial charge in [-0.2, -0.15) is 0 Å². The highest BCUT2D eigenvalue weighted by Crippen LogP contribution is 2.44. The first-order valence-electron chi connectivity index (χ1n) is 12.9. The molecule has 1 atom stereocenters. The molecular weight excluding hydrogens is 502 g/mol. The lowest BCUT2D eigenvalue weighted by atomic mass is 9.93. The summed E-state index contributed by atoms with van der Waals surface area (Å²) in [5, 5.41) is 11.5. The molecule has 3 aromatic rings. The van der Waals surface area contributed by atoms with E-state index in [0.29, 0.717) is 16.9 Å². The Kier molecular flexibility index (Phi) is 8.04. The maximum absolute atomic E-state index is 15.0. The van der Waals surface area contributed by atoms with Crippen LogP contribution in [0.25, 0.3) is 5.76 Å². The zero-order chi connectivity index (χ0) is 28.4. The van der Waals surface area contributed by atoms with Crippen molar-refractivity contribution >= 4 is 28.8 Å². The summed E-state index contributed by atoms with van der Waals surface area (Å²) in [6.45, 7) is 9.53. The Bertz CT molecular complexity index is 1430. The van der Waals surface area contributed by atoms with Crippen molar-refractivity contribution in [1.29, 1.82) is 0 Å². The number of hydrogen-bond acceptors (Lipinski definition) is 5. The molecule has 1 aliphatic heterocycles. The number of carbonyl (C=O) groups is 2. The van der Waals surface area contributed by atoms with Crippen molar-refractivity contribution in [2.24, 2.45) is 0 Å². The number of aliphatic hydroxyl groups excluding tert-OH is 1. The number of hydrogen-bond donors (Lipinski definition) is 1. The highest BCUT2D eigenvalue weighted by atomic mass is 19.1. The second-order valence-electron chi connectivity index (χ2n) is 9.64. The first kappa shape index (κ1) is 27.8. The van der Waals surface area contributed by atoms with Gasteiger partial charge in [-0.3, -0.25) is 14.5 Å². The molecule has 0 bridgehead atoms. The minimum Gasteiger partial charge on any atom is -0.507 e. The van der Waals surface area contributed by atoms with Crippen molar-refractivity contribution in [3.8, 4) is 5.75 Å². The molecule has 0 spiro atoms. The molecule has 204 valence electrons. The highest BCUT2D eigenvalue weighted by molar-refractivity contribution is 6.51. The van der Waals surface area contributed by atoms with Crippen LogP contribution < -0.4 is 14.5 Å². The van der Waals surface area contributed by atoms with Crippen molar-refractivity contribution in [3.05, 3.63) is 94.6 Å². The molecule has 6 nitrogen and oxygen atoms in total. The van der Waals surface area contributed by atoms with E-state index in [1.54, 1.807) is 37.4 Å². The van der Waals surface area contributed by atoms with Crippen molar-refractivity contribution in [1.82, 2.24) is 0 Å². The van der Waals surface area contributed by atoms with Crippen LogP contribution in [0.5, 0.6) is 5.75 Å². The minimum atomic E-state index is -1.18. The smallest absolute Gasteiger partial charge is 0.300 e. The van der Waals surface area contributed by atoms with Gasteiger partial charge in [0.25, 0.3) is 11.7 Å². The number of carbonyl (C=O) groups excluding carboxylic acids is 2. The Hall–Kier alpha value is -4.20. The predicted molar refractivity (Wildman–Crippen MR) is 148 cm³/mol. The molecule has 1 fully saturated rings. The predicted octanol–water partition coefficient (Wildman–Crippen LogP) is 6.57. The fraction of sp³-hybridized carbons (Fsp3) is 0.290. The number of nitrogens with zero attached hydrogens (tertiary/aromatic N) is 2. The number of Topliss-reactive ketones (excluding diaryl/α,β-unsaturated/α-hetero) is 1. The van der Waals surface area contributed by atoms with Crippen molar-refractivity contribution in [2.75, 3.05) is 30.0 Å². The Labute approximate surface area is 227 Å². The number of rotatable bonds is 8. The van der Waals surface area contributed by atoms with Crippen LogP contribution in [0.15, 0.2) is 66.2 Å². The van der Waals surface area contributed by atoms with Crippen LogP contribution >= 0.6 is 0 Å². The molecule has 1 aliphatic rings. The third-order valence-corrected chi connectivity index (χ3v) is 7.07. The average molecular weight is 535 g/mol. The number of aliphatic hydroxyl groups is 1. The van der Waals surface area contributed by atoms with Gasteiger partial charge in [-0.15, -0.1) is 0 Å². The fourth-order valence-corrected chi connectivity index (χ4v) is 5.01. The van der Waals surface area contributed by atoms with E-state index in [9.17, 15) is 23.5 Å². The van der Waals surface area contributed by atoms with E-state index < -0.39 is 35.1 Å². The summed E-state index contributed by atoms with van der Waals surface area (Å²) in [4.78, 5) is 29.8. The summed E-state index contributed by atoms with van der Waals surface area (Å²) in [5.41, 5.74) is 1.90. The Morgan fingerprint density at radius 1 is 1.00 bits per heavy atom. The summed E-state index contributed by atoms with van der Waals surface area (Å²) in [6, 6.07) is 13.7. The third-order valence-electron chi connectivity index (χ3n) is 7.07. The van der Waals surface area contributed by atoms with Gasteiger partial charge in [0.1, 0.15) is 23.1 Å². The van der Waals surface area contributed by atoms with E-state index >= 15 is 0 Å². The van der Waals surface area contributed by atoms with Crippen LogP contribution in [0.3, 0.4) is 0 Å². The van der Waals surface area contributed by atoms with Gasteiger partial charge < -0.3 is 14.7 Å². The van der Waals surface area contributed by atoms with Gasteiger partial charge >= 0.3 is 0 Å². The number of ether oxygens (including phenoxy) is 1. The van der Waals surface area contributed by atoms with E-state index in [4.69, 9.17) is 4.74 Å². The molecule has 1 saturated heterocycles. The lowest BCUT2D eigenvalue weighted by molar-refractivity contribution is -0.132. The second-order valence-corrected chi connectivity index (χ2v) is 9.64. The lowest BCUT2D eigenvalue weighted by Gasteiger charge is -2.27. The summed E-state index contributed by atoms with van der Waals surface area (Å²) in [7, 11) is 1.54. The molecule has 4 rings (SSSR count). The first-order chi connectivity index (χ1) is 18.6. The highest BCUT2D eigenvalue weighted by Gasteiger charge is 2.48. The van der Waals surface area contributed by atoms with Gasteiger partial charge in [0, 0.05) is 30.4 Å². The molecule has 0 radical (unpaired) electrons. The topological polar surface area (TPSA) is 70.1 Å². The monoisotopic (exact) mass is 534 g/mol. The fourth-order valence-electron chi connectivity index (χ4n) is 5.01. The van der Waals surface area contributed by atoms with Gasteiger partial charge in [0.15, 0.2) is 0 Å². The van der Waals surface area contributed by atoms with Gasteiger partial charge in [0.05, 0.1) is 24.4 Å². The summed E-state index contributed by atoms with van der Waals surface area (Å²) in [5.74, 6) is -3.43. The van der Waals surface area contributed by atoms with E-state index in [2.05, 4.69) is 4.90 Å². The second kappa shape index (κ2) is 11.3. The Balaban J connectivity index is 1.95. The van der Waals surface area contributed by atoms with Gasteiger partial charge in [-0.05, 0) is 73.4 Å². The molecule has 1 amide bonds. The van der Waals surface area contributed by atoms with E-state index in [1.807, 2.05) is 39.8 Å². The van der Waals surface area contributed by atoms with Crippen LogP contribution in [0, 0.1) is 11.6 Å². The van der Waals surface area contributed by atoms with Gasteiger partial charge in [0.2, 0.25) is 0 Å². The van der Waals surface area contributed by atoms with E-state index in [-0.39, 0.29) is 17.2 Å². The normalized spacial score (nSPS) is 16.7. The molecule has 1 unspecified atom stereocenters. The number of amides is 1. The van der Waals surface area contributed by atoms with Gasteiger partial charge in [-0.1, -0.05) is 26.0 Å². The van der Waals surface area contributed by atoms with Crippen LogP contribution in [0.4, 0.5) is 20.2 Å². The first-order valence-corrected chi connectivity index (χ1v) is 12.9. The Morgan fingerprint density at radius 3 is 2.26 bits per heavy atom. The van der Waals surface area contributed by atoms with Crippen LogP contribution in [0.2, 0.25) is 0 Å². The zero-order valence-corrected chi connectivity index (χ0v) is 22.7. The summed E-state index contributed by atoms with van der Waals surface area (Å²) in [6.07, 6.45) is 0. The Morgan fingerprint density at radius 2 is 1.67 bits per heavy atom. The third kappa shape index (κ3) is 5.11. The largest absolute Gasteiger partial charge is 0.507 e. The molecule has 1 heterocycles. The quantitative estimate of drug-likeness (QED) is 0.201. The number of ketones is 1. The maximum atomic E-state index is 15.0. The SMILES string of the molecule is CCN(CC)c1ccc(C2/C(=C(/O)c3ccc(OC)c(C(C)C)c3)C(=O)C(=O)N2c2cc(F)ccc2F)cc1. The molecule has 8 heteroatoms. The lowest BCUT2D eigenvalue weighted by Crippen LogP contribution is -2.30. The van der Waals surface area contributed by atoms with E-state index in [0.717, 1.165) is 47.4 Å². The molecule has 0 saturated carbocycles. The molecule has 0 aliphatic carbocycles. The molecule has 39 heavy (non-hydrogen) atoms. The molecule has 0 aromatic heterocycles. The zero-order valence-electron chi connectivity index (χ0n) is 22.7. The van der Waals surface area contributed by atoms with Crippen molar-refractivity contribution in [2.45, 2.75) is 39.7 Å². The van der Waals surface area contributed by atoms with Crippen LogP contribution in [-0.4, -0.2) is 37.0 Å². The summed E-state index contributed by atoms with van der Waals surface area (Å²) >= 11 is 0.